The van der Waals surface area contributed by atoms with Crippen LogP contribution in [-0.4, -0.2) is 33.3 Å². The van der Waals surface area contributed by atoms with Crippen LogP contribution in [0.2, 0.25) is 0 Å². The smallest absolute Gasteiger partial charge is 0.0363 e. The fourth-order valence-corrected chi connectivity index (χ4v) is 5.73. The zero-order chi connectivity index (χ0) is 28.4. The molecule has 0 bridgehead atoms. The van der Waals surface area contributed by atoms with Gasteiger partial charge in [-0.2, -0.15) is 0 Å². The van der Waals surface area contributed by atoms with Gasteiger partial charge in [-0.15, -0.1) is 0 Å². The van der Waals surface area contributed by atoms with Crippen LogP contribution >= 0.6 is 0 Å². The Hall–Kier alpha value is -2.28. The minimum Gasteiger partial charge on any atom is -0.349 e. The van der Waals surface area contributed by atoms with E-state index >= 15 is 0 Å². The highest BCUT2D eigenvalue weighted by molar-refractivity contribution is 5.30. The van der Waals surface area contributed by atoms with Crippen LogP contribution in [0, 0.1) is 0 Å². The first-order valence-electron chi connectivity index (χ1n) is 14.9. The minimum absolute atomic E-state index is 0.273. The number of rotatable bonds is 0. The second-order valence-corrected chi connectivity index (χ2v) is 14.4. The molecule has 6 heterocycles. The van der Waals surface area contributed by atoms with E-state index < -0.39 is 0 Å². The molecule has 3 aromatic rings. The van der Waals surface area contributed by atoms with Gasteiger partial charge in [0, 0.05) is 99.5 Å². The third-order valence-electron chi connectivity index (χ3n) is 8.05. The maximum absolute atomic E-state index is 3.42. The van der Waals surface area contributed by atoms with E-state index in [0.29, 0.717) is 0 Å². The fraction of sp³-hybridized carbons (Fsp3) is 0.636. The van der Waals surface area contributed by atoms with Gasteiger partial charge in [0.2, 0.25) is 0 Å². The van der Waals surface area contributed by atoms with Gasteiger partial charge in [-0.25, -0.2) is 0 Å². The van der Waals surface area contributed by atoms with E-state index in [1.165, 1.54) is 33.9 Å². The Morgan fingerprint density at radius 2 is 1.23 bits per heavy atom. The van der Waals surface area contributed by atoms with Gasteiger partial charge >= 0.3 is 0 Å². The highest BCUT2D eigenvalue weighted by Crippen LogP contribution is 2.28. The van der Waals surface area contributed by atoms with Gasteiger partial charge in [-0.05, 0) is 46.2 Å². The summed E-state index contributed by atoms with van der Waals surface area (Å²) in [6.07, 6.45) is 4.52. The molecule has 3 aromatic heterocycles. The first-order chi connectivity index (χ1) is 18.2. The molecule has 0 atom stereocenters. The highest BCUT2D eigenvalue weighted by Gasteiger charge is 2.23. The molecule has 3 aliphatic rings. The van der Waals surface area contributed by atoms with E-state index in [2.05, 4.69) is 129 Å². The standard InChI is InChI=1S/3C11H18N2/c1-11(2,3)9-4-6-13-7-5-12-8-10(9)13;1-11(2,3)9-6-10-7-12-4-5-13(10)8-9;1-11(2,3)10-5-4-9-8-12-6-7-13(9)10/h4,6,12H,5,7-8H2,1-3H3;6,8,12H,4-5,7H2,1-3H3;4-5,12H,6-8H2,1-3H3. The van der Waals surface area contributed by atoms with Crippen molar-refractivity contribution < 1.29 is 0 Å². The van der Waals surface area contributed by atoms with Gasteiger partial charge in [-0.1, -0.05) is 62.3 Å². The number of nitrogens with one attached hydrogen (secondary N) is 3. The molecular formula is C33H54N6. The second kappa shape index (κ2) is 11.7. The van der Waals surface area contributed by atoms with Gasteiger partial charge in [0.05, 0.1) is 0 Å². The Morgan fingerprint density at radius 1 is 0.615 bits per heavy atom. The van der Waals surface area contributed by atoms with Crippen molar-refractivity contribution in [2.45, 2.75) is 118 Å². The highest BCUT2D eigenvalue weighted by atomic mass is 15.1. The van der Waals surface area contributed by atoms with Crippen LogP contribution in [0.25, 0.3) is 0 Å². The molecule has 216 valence electrons. The molecule has 6 nitrogen and oxygen atoms in total. The van der Waals surface area contributed by atoms with Gasteiger partial charge < -0.3 is 29.7 Å². The zero-order valence-electron chi connectivity index (χ0n) is 26.2. The van der Waals surface area contributed by atoms with E-state index in [4.69, 9.17) is 0 Å². The van der Waals surface area contributed by atoms with Crippen molar-refractivity contribution in [2.75, 3.05) is 19.6 Å². The van der Waals surface area contributed by atoms with Crippen molar-refractivity contribution in [1.29, 1.82) is 0 Å². The van der Waals surface area contributed by atoms with Gasteiger partial charge in [0.25, 0.3) is 0 Å². The van der Waals surface area contributed by atoms with Crippen molar-refractivity contribution in [3.8, 4) is 0 Å². The summed E-state index contributed by atoms with van der Waals surface area (Å²) in [6.45, 7) is 30.2. The summed E-state index contributed by atoms with van der Waals surface area (Å²) >= 11 is 0. The quantitative estimate of drug-likeness (QED) is 0.349. The molecule has 0 saturated heterocycles. The lowest BCUT2D eigenvalue weighted by atomic mass is 9.87. The predicted octanol–water partition coefficient (Wildman–Crippen LogP) is 5.67. The van der Waals surface area contributed by atoms with E-state index in [9.17, 15) is 0 Å². The Balaban J connectivity index is 0.000000136. The Kier molecular flexibility index (Phi) is 8.89. The van der Waals surface area contributed by atoms with E-state index in [1.807, 2.05) is 0 Å². The van der Waals surface area contributed by atoms with Gasteiger partial charge in [0.1, 0.15) is 0 Å². The number of hydrogen-bond acceptors (Lipinski definition) is 3. The number of nitrogens with zero attached hydrogens (tertiary/aromatic N) is 3. The summed E-state index contributed by atoms with van der Waals surface area (Å²) in [7, 11) is 0. The third-order valence-corrected chi connectivity index (χ3v) is 8.05. The molecule has 6 rings (SSSR count). The maximum atomic E-state index is 3.42. The fourth-order valence-electron chi connectivity index (χ4n) is 5.73. The van der Waals surface area contributed by atoms with Crippen LogP contribution in [0.5, 0.6) is 0 Å². The second-order valence-electron chi connectivity index (χ2n) is 14.4. The SMILES string of the molecule is CC(C)(C)c1cc2n(c1)CCNC2.CC(C)(C)c1ccc2n1CCNC2.CC(C)(C)c1ccn2c1CNCC2. The summed E-state index contributed by atoms with van der Waals surface area (Å²) in [5, 5.41) is 10.2. The lowest BCUT2D eigenvalue weighted by molar-refractivity contribution is 0.457. The van der Waals surface area contributed by atoms with Crippen LogP contribution in [-0.2, 0) is 55.5 Å². The molecule has 0 fully saturated rings. The van der Waals surface area contributed by atoms with E-state index in [0.717, 1.165) is 58.9 Å². The molecule has 0 spiro atoms. The van der Waals surface area contributed by atoms with E-state index in [-0.39, 0.29) is 16.2 Å². The summed E-state index contributed by atoms with van der Waals surface area (Å²) in [6, 6.07) is 9.10. The molecule has 0 radical (unpaired) electrons. The molecular weight excluding hydrogens is 480 g/mol. The molecule has 0 saturated carbocycles. The Labute approximate surface area is 237 Å². The first kappa shape index (κ1) is 29.7. The molecule has 3 aliphatic heterocycles. The predicted molar refractivity (Wildman–Crippen MR) is 165 cm³/mol. The zero-order valence-corrected chi connectivity index (χ0v) is 26.2. The molecule has 6 heteroatoms. The van der Waals surface area contributed by atoms with E-state index in [1.54, 1.807) is 0 Å². The average Bonchev–Trinajstić information content (AvgIpc) is 3.60. The van der Waals surface area contributed by atoms with Crippen molar-refractivity contribution in [3.63, 3.8) is 0 Å². The van der Waals surface area contributed by atoms with Gasteiger partial charge in [-0.3, -0.25) is 0 Å². The summed E-state index contributed by atoms with van der Waals surface area (Å²) in [4.78, 5) is 0. The molecule has 3 N–H and O–H groups in total. The van der Waals surface area contributed by atoms with Crippen molar-refractivity contribution in [1.82, 2.24) is 29.7 Å². The molecule has 0 aliphatic carbocycles. The number of fused-ring (bicyclic) bond motifs is 3. The number of aromatic nitrogens is 3. The normalized spacial score (nSPS) is 17.2. The maximum Gasteiger partial charge on any atom is 0.0363 e. The minimum atomic E-state index is 0.273. The molecule has 0 amide bonds. The summed E-state index contributed by atoms with van der Waals surface area (Å²) in [5.74, 6) is 0. The number of hydrogen-bond donors (Lipinski definition) is 3. The Bertz CT molecular complexity index is 1130. The Morgan fingerprint density at radius 3 is 1.85 bits per heavy atom. The molecule has 39 heavy (non-hydrogen) atoms. The summed E-state index contributed by atoms with van der Waals surface area (Å²) < 4.78 is 7.20. The van der Waals surface area contributed by atoms with Crippen LogP contribution in [0.15, 0.2) is 36.7 Å². The first-order valence-corrected chi connectivity index (χ1v) is 14.9. The van der Waals surface area contributed by atoms with Crippen molar-refractivity contribution in [3.05, 3.63) is 70.6 Å². The van der Waals surface area contributed by atoms with Crippen LogP contribution in [0.1, 0.15) is 96.2 Å². The van der Waals surface area contributed by atoms with Crippen LogP contribution < -0.4 is 16.0 Å². The van der Waals surface area contributed by atoms with Crippen LogP contribution in [0.4, 0.5) is 0 Å². The topological polar surface area (TPSA) is 50.9 Å². The largest absolute Gasteiger partial charge is 0.349 e. The summed E-state index contributed by atoms with van der Waals surface area (Å²) in [5.41, 5.74) is 9.56. The average molecular weight is 535 g/mol. The van der Waals surface area contributed by atoms with Crippen molar-refractivity contribution >= 4 is 0 Å². The lowest BCUT2D eigenvalue weighted by Crippen LogP contribution is -2.30. The molecule has 0 aromatic carbocycles. The third kappa shape index (κ3) is 7.27. The van der Waals surface area contributed by atoms with Gasteiger partial charge in [0.15, 0.2) is 0 Å². The molecule has 0 unspecified atom stereocenters. The van der Waals surface area contributed by atoms with Crippen molar-refractivity contribution in [2.24, 2.45) is 0 Å². The monoisotopic (exact) mass is 534 g/mol. The van der Waals surface area contributed by atoms with Crippen LogP contribution in [0.3, 0.4) is 0 Å². The lowest BCUT2D eigenvalue weighted by Gasteiger charge is -2.25.